The summed E-state index contributed by atoms with van der Waals surface area (Å²) in [6, 6.07) is 4.29. The lowest BCUT2D eigenvalue weighted by molar-refractivity contribution is -0.138. The summed E-state index contributed by atoms with van der Waals surface area (Å²) in [6.07, 6.45) is -8.76. The van der Waals surface area contributed by atoms with Crippen molar-refractivity contribution in [2.75, 3.05) is 5.75 Å². The number of halogens is 6. The molecular formula is C17H12F6N2O2S. The Hall–Kier alpha value is -2.56. The number of benzene rings is 1. The van der Waals surface area contributed by atoms with E-state index in [0.29, 0.717) is 18.3 Å². The van der Waals surface area contributed by atoms with Gasteiger partial charge in [-0.1, -0.05) is 13.0 Å². The van der Waals surface area contributed by atoms with Crippen LogP contribution in [0.5, 0.6) is 0 Å². The highest BCUT2D eigenvalue weighted by molar-refractivity contribution is 7.91. The number of rotatable bonds is 3. The van der Waals surface area contributed by atoms with Crippen molar-refractivity contribution in [1.82, 2.24) is 9.97 Å². The second kappa shape index (κ2) is 6.50. The van der Waals surface area contributed by atoms with Gasteiger partial charge in [-0.05, 0) is 24.3 Å². The minimum Gasteiger partial charge on any atom is -0.353 e. The molecule has 0 unspecified atom stereocenters. The number of alkyl halides is 6. The van der Waals surface area contributed by atoms with Gasteiger partial charge in [0, 0.05) is 17.5 Å². The molecule has 1 aromatic carbocycles. The molecule has 0 aliphatic carbocycles. The molecule has 0 atom stereocenters. The van der Waals surface area contributed by atoms with Crippen molar-refractivity contribution in [2.24, 2.45) is 0 Å². The molecule has 0 aliphatic heterocycles. The van der Waals surface area contributed by atoms with Crippen molar-refractivity contribution in [3.63, 3.8) is 0 Å². The van der Waals surface area contributed by atoms with Gasteiger partial charge in [0.25, 0.3) is 0 Å². The van der Waals surface area contributed by atoms with Crippen LogP contribution in [0.1, 0.15) is 18.1 Å². The first-order chi connectivity index (χ1) is 12.8. The summed E-state index contributed by atoms with van der Waals surface area (Å²) in [5.41, 5.74) is -2.10. The highest BCUT2D eigenvalue weighted by Crippen LogP contribution is 2.37. The fraction of sp³-hybridized carbons (Fsp3) is 0.235. The number of hydrogen-bond acceptors (Lipinski definition) is 3. The summed E-state index contributed by atoms with van der Waals surface area (Å²) in [5, 5.41) is 0. The van der Waals surface area contributed by atoms with Gasteiger partial charge < -0.3 is 4.98 Å². The number of hydrogen-bond donors (Lipinski definition) is 1. The smallest absolute Gasteiger partial charge is 0.353 e. The second-order valence-electron chi connectivity index (χ2n) is 5.95. The molecule has 4 nitrogen and oxygen atoms in total. The third kappa shape index (κ3) is 3.71. The first-order valence-electron chi connectivity index (χ1n) is 7.83. The maximum Gasteiger partial charge on any atom is 0.417 e. The van der Waals surface area contributed by atoms with Gasteiger partial charge in [0.2, 0.25) is 0 Å². The molecule has 11 heteroatoms. The number of aromatic amines is 1. The fourth-order valence-corrected chi connectivity index (χ4v) is 3.77. The normalized spacial score (nSPS) is 13.2. The average Bonchev–Trinajstić information content (AvgIpc) is 3.02. The molecule has 0 aliphatic rings. The molecule has 1 N–H and O–H groups in total. The van der Waals surface area contributed by atoms with Gasteiger partial charge in [-0.3, -0.25) is 4.98 Å². The number of nitrogens with zero attached hydrogens (tertiary/aromatic N) is 1. The first-order valence-corrected chi connectivity index (χ1v) is 9.48. The van der Waals surface area contributed by atoms with Gasteiger partial charge in [0.05, 0.1) is 32.8 Å². The molecule has 0 saturated carbocycles. The van der Waals surface area contributed by atoms with Crippen LogP contribution in [0.4, 0.5) is 26.3 Å². The highest BCUT2D eigenvalue weighted by atomic mass is 32.2. The Morgan fingerprint density at radius 3 is 2.18 bits per heavy atom. The van der Waals surface area contributed by atoms with Crippen LogP contribution in [0.25, 0.3) is 22.3 Å². The minimum absolute atomic E-state index is 0.0235. The Labute approximate surface area is 155 Å². The van der Waals surface area contributed by atoms with E-state index in [0.717, 1.165) is 12.1 Å². The molecule has 2 aromatic heterocycles. The van der Waals surface area contributed by atoms with Crippen molar-refractivity contribution in [2.45, 2.75) is 24.2 Å². The number of aromatic nitrogens is 2. The molecule has 0 spiro atoms. The predicted octanol–water partition coefficient (Wildman–Crippen LogP) is 5.06. The summed E-state index contributed by atoms with van der Waals surface area (Å²) >= 11 is 0. The van der Waals surface area contributed by atoms with Crippen molar-refractivity contribution in [1.29, 1.82) is 0 Å². The molecule has 0 saturated heterocycles. The molecule has 0 amide bonds. The van der Waals surface area contributed by atoms with E-state index in [2.05, 4.69) is 9.97 Å². The van der Waals surface area contributed by atoms with Crippen LogP contribution >= 0.6 is 0 Å². The topological polar surface area (TPSA) is 62.8 Å². The van der Waals surface area contributed by atoms with E-state index in [1.54, 1.807) is 0 Å². The molecule has 0 bridgehead atoms. The number of nitrogens with one attached hydrogen (secondary N) is 1. The molecular weight excluding hydrogens is 410 g/mol. The number of H-pyrrole nitrogens is 1. The molecule has 3 aromatic rings. The van der Waals surface area contributed by atoms with Gasteiger partial charge in [-0.2, -0.15) is 26.3 Å². The number of pyridine rings is 1. The zero-order valence-corrected chi connectivity index (χ0v) is 14.9. The average molecular weight is 422 g/mol. The molecule has 2 heterocycles. The van der Waals surface area contributed by atoms with E-state index in [1.165, 1.54) is 13.0 Å². The Morgan fingerprint density at radius 1 is 0.964 bits per heavy atom. The zero-order chi connectivity index (χ0) is 20.9. The lowest BCUT2D eigenvalue weighted by Crippen LogP contribution is -2.10. The molecule has 0 fully saturated rings. The van der Waals surface area contributed by atoms with E-state index in [-0.39, 0.29) is 22.3 Å². The summed E-state index contributed by atoms with van der Waals surface area (Å²) in [5.74, 6) is -0.446. The third-order valence-corrected chi connectivity index (χ3v) is 5.88. The van der Waals surface area contributed by atoms with E-state index < -0.39 is 44.0 Å². The largest absolute Gasteiger partial charge is 0.417 e. The van der Waals surface area contributed by atoms with Crippen molar-refractivity contribution >= 4 is 20.9 Å². The van der Waals surface area contributed by atoms with Crippen LogP contribution in [0.15, 0.2) is 41.4 Å². The van der Waals surface area contributed by atoms with E-state index in [4.69, 9.17) is 0 Å². The second-order valence-corrected chi connectivity index (χ2v) is 8.20. The predicted molar refractivity (Wildman–Crippen MR) is 89.3 cm³/mol. The summed E-state index contributed by atoms with van der Waals surface area (Å²) in [4.78, 5) is 5.73. The lowest BCUT2D eigenvalue weighted by Gasteiger charge is -2.12. The number of sulfone groups is 1. The Morgan fingerprint density at radius 2 is 1.61 bits per heavy atom. The number of fused-ring (bicyclic) bond motifs is 1. The molecule has 28 heavy (non-hydrogen) atoms. The minimum atomic E-state index is -4.75. The first kappa shape index (κ1) is 20.2. The van der Waals surface area contributed by atoms with E-state index in [9.17, 15) is 34.8 Å². The van der Waals surface area contributed by atoms with Gasteiger partial charge in [-0.25, -0.2) is 8.42 Å². The van der Waals surface area contributed by atoms with Crippen LogP contribution in [-0.2, 0) is 22.2 Å². The van der Waals surface area contributed by atoms with E-state index >= 15 is 0 Å². The molecule has 3 rings (SSSR count). The van der Waals surface area contributed by atoms with Crippen LogP contribution in [0.3, 0.4) is 0 Å². The van der Waals surface area contributed by atoms with Gasteiger partial charge in [-0.15, -0.1) is 0 Å². The van der Waals surface area contributed by atoms with Crippen LogP contribution in [0.2, 0.25) is 0 Å². The van der Waals surface area contributed by atoms with Gasteiger partial charge >= 0.3 is 12.4 Å². The quantitative estimate of drug-likeness (QED) is 0.600. The summed E-state index contributed by atoms with van der Waals surface area (Å²) < 4.78 is 102. The molecule has 150 valence electrons. The zero-order valence-electron chi connectivity index (χ0n) is 14.1. The fourth-order valence-electron chi connectivity index (χ4n) is 2.64. The lowest BCUT2D eigenvalue weighted by atomic mass is 10.1. The van der Waals surface area contributed by atoms with Crippen molar-refractivity contribution in [3.8, 4) is 11.3 Å². The summed E-state index contributed by atoms with van der Waals surface area (Å²) in [6.45, 7) is 1.28. The maximum atomic E-state index is 13.0. The van der Waals surface area contributed by atoms with Gasteiger partial charge in [0.15, 0.2) is 9.84 Å². The standard InChI is InChI=1S/C17H12F6N2O2S/c1-2-28(26,27)15-6-9(16(18,19)20)3-4-11(15)12-7-13-14(25-12)5-10(8-24-13)17(21,22)23/h3-8,25H,2H2,1H3. The van der Waals surface area contributed by atoms with Crippen LogP contribution in [0, 0.1) is 0 Å². The van der Waals surface area contributed by atoms with E-state index in [1.807, 2.05) is 0 Å². The maximum absolute atomic E-state index is 13.0. The van der Waals surface area contributed by atoms with Crippen molar-refractivity contribution < 1.29 is 34.8 Å². The van der Waals surface area contributed by atoms with Gasteiger partial charge in [0.1, 0.15) is 0 Å². The monoisotopic (exact) mass is 422 g/mol. The van der Waals surface area contributed by atoms with Crippen molar-refractivity contribution in [3.05, 3.63) is 47.7 Å². The highest BCUT2D eigenvalue weighted by Gasteiger charge is 2.33. The van der Waals surface area contributed by atoms with Crippen LogP contribution in [-0.4, -0.2) is 24.1 Å². The Balaban J connectivity index is 2.23. The SMILES string of the molecule is CCS(=O)(=O)c1cc(C(F)(F)F)ccc1-c1cc2ncc(C(F)(F)F)cc2[nH]1. The van der Waals surface area contributed by atoms with Crippen LogP contribution < -0.4 is 0 Å². The Bertz CT molecular complexity index is 1150. The molecule has 0 radical (unpaired) electrons. The summed E-state index contributed by atoms with van der Waals surface area (Å²) in [7, 11) is -4.05. The Kier molecular flexibility index (Phi) is 4.69. The third-order valence-electron chi connectivity index (χ3n) is 4.11.